The van der Waals surface area contributed by atoms with Crippen LogP contribution in [0.2, 0.25) is 0 Å². The average Bonchev–Trinajstić information content (AvgIpc) is 2.44. The zero-order valence-electron chi connectivity index (χ0n) is 13.5. The third kappa shape index (κ3) is 4.18. The van der Waals surface area contributed by atoms with Gasteiger partial charge in [0, 0.05) is 19.1 Å². The zero-order valence-corrected chi connectivity index (χ0v) is 13.5. The highest BCUT2D eigenvalue weighted by molar-refractivity contribution is 5.81. The normalized spacial score (nSPS) is 25.3. The van der Waals surface area contributed by atoms with E-state index in [4.69, 9.17) is 4.74 Å². The van der Waals surface area contributed by atoms with Crippen LogP contribution in [-0.2, 0) is 9.53 Å². The summed E-state index contributed by atoms with van der Waals surface area (Å²) in [6.45, 7) is 15.7. The summed E-state index contributed by atoms with van der Waals surface area (Å²) in [5, 5.41) is 6.41. The average molecular weight is 270 g/mol. The summed E-state index contributed by atoms with van der Waals surface area (Å²) >= 11 is 0. The second-order valence-electron chi connectivity index (χ2n) is 7.35. The smallest absolute Gasteiger partial charge is 0.226 e. The molecule has 0 aromatic rings. The van der Waals surface area contributed by atoms with E-state index in [1.54, 1.807) is 0 Å². The van der Waals surface area contributed by atoms with Crippen LogP contribution in [0.5, 0.6) is 0 Å². The molecule has 4 heteroatoms. The lowest BCUT2D eigenvalue weighted by Gasteiger charge is -2.31. The first kappa shape index (κ1) is 16.4. The topological polar surface area (TPSA) is 50.4 Å². The van der Waals surface area contributed by atoms with Crippen LogP contribution in [0.3, 0.4) is 0 Å². The molecule has 1 atom stereocenters. The first-order valence-electron chi connectivity index (χ1n) is 7.22. The van der Waals surface area contributed by atoms with E-state index in [0.29, 0.717) is 13.1 Å². The summed E-state index contributed by atoms with van der Waals surface area (Å²) in [7, 11) is 0. The van der Waals surface area contributed by atoms with Gasteiger partial charge in [-0.3, -0.25) is 4.79 Å². The van der Waals surface area contributed by atoms with Gasteiger partial charge in [0.05, 0.1) is 16.6 Å². The fourth-order valence-corrected chi connectivity index (χ4v) is 2.74. The minimum absolute atomic E-state index is 0.0958. The number of nitrogens with one attached hydrogen (secondary N) is 2. The Hall–Kier alpha value is -0.610. The molecule has 112 valence electrons. The van der Waals surface area contributed by atoms with Gasteiger partial charge in [-0.1, -0.05) is 0 Å². The Morgan fingerprint density at radius 1 is 1.32 bits per heavy atom. The molecule has 0 bridgehead atoms. The maximum Gasteiger partial charge on any atom is 0.226 e. The summed E-state index contributed by atoms with van der Waals surface area (Å²) in [5.41, 5.74) is -0.698. The molecule has 19 heavy (non-hydrogen) atoms. The van der Waals surface area contributed by atoms with Crippen molar-refractivity contribution in [3.8, 4) is 0 Å². The van der Waals surface area contributed by atoms with Gasteiger partial charge in [0.15, 0.2) is 0 Å². The van der Waals surface area contributed by atoms with E-state index in [1.165, 1.54) is 0 Å². The predicted octanol–water partition coefficient (Wildman–Crippen LogP) is 2.08. The SMILES string of the molecule is CCNC(=O)C(C)(C)CN[C@H]1CC(C)(C)OC1(C)C. The van der Waals surface area contributed by atoms with Crippen molar-refractivity contribution in [1.29, 1.82) is 0 Å². The molecule has 0 spiro atoms. The Balaban J connectivity index is 2.59. The number of carbonyl (C=O) groups is 1. The van der Waals surface area contributed by atoms with Gasteiger partial charge in [-0.2, -0.15) is 0 Å². The van der Waals surface area contributed by atoms with Gasteiger partial charge >= 0.3 is 0 Å². The van der Waals surface area contributed by atoms with Crippen LogP contribution >= 0.6 is 0 Å². The molecule has 1 amide bonds. The van der Waals surface area contributed by atoms with Gasteiger partial charge in [0.1, 0.15) is 0 Å². The van der Waals surface area contributed by atoms with E-state index < -0.39 is 5.41 Å². The molecule has 0 saturated carbocycles. The third-order valence-electron chi connectivity index (χ3n) is 3.82. The van der Waals surface area contributed by atoms with Gasteiger partial charge in [0.25, 0.3) is 0 Å². The van der Waals surface area contributed by atoms with Crippen molar-refractivity contribution in [2.24, 2.45) is 5.41 Å². The van der Waals surface area contributed by atoms with Crippen molar-refractivity contribution < 1.29 is 9.53 Å². The van der Waals surface area contributed by atoms with Crippen molar-refractivity contribution in [2.45, 2.75) is 72.1 Å². The summed E-state index contributed by atoms with van der Waals surface area (Å²) in [6, 6.07) is 0.274. The second kappa shape index (κ2) is 5.41. The monoisotopic (exact) mass is 270 g/mol. The van der Waals surface area contributed by atoms with Crippen molar-refractivity contribution in [3.05, 3.63) is 0 Å². The predicted molar refractivity (Wildman–Crippen MR) is 78.1 cm³/mol. The van der Waals surface area contributed by atoms with Gasteiger partial charge in [-0.15, -0.1) is 0 Å². The molecule has 0 unspecified atom stereocenters. The molecular formula is C15H30N2O2. The van der Waals surface area contributed by atoms with E-state index in [2.05, 4.69) is 38.3 Å². The lowest BCUT2D eigenvalue weighted by Crippen LogP contribution is -2.50. The Labute approximate surface area is 117 Å². The third-order valence-corrected chi connectivity index (χ3v) is 3.82. The lowest BCUT2D eigenvalue weighted by molar-refractivity contribution is -0.129. The quantitative estimate of drug-likeness (QED) is 0.804. The second-order valence-corrected chi connectivity index (χ2v) is 7.35. The number of amides is 1. The van der Waals surface area contributed by atoms with Crippen LogP contribution in [0.1, 0.15) is 54.9 Å². The van der Waals surface area contributed by atoms with Crippen molar-refractivity contribution in [1.82, 2.24) is 10.6 Å². The number of rotatable bonds is 5. The Bertz CT molecular complexity index is 335. The summed E-state index contributed by atoms with van der Waals surface area (Å²) in [4.78, 5) is 12.0. The van der Waals surface area contributed by atoms with E-state index in [-0.39, 0.29) is 23.2 Å². The molecule has 1 rings (SSSR count). The van der Waals surface area contributed by atoms with Crippen LogP contribution in [-0.4, -0.2) is 36.2 Å². The highest BCUT2D eigenvalue weighted by Gasteiger charge is 2.46. The molecule has 0 aliphatic carbocycles. The maximum absolute atomic E-state index is 12.0. The molecule has 1 fully saturated rings. The van der Waals surface area contributed by atoms with Gasteiger partial charge in [-0.25, -0.2) is 0 Å². The molecule has 0 aromatic carbocycles. The number of hydrogen-bond acceptors (Lipinski definition) is 3. The van der Waals surface area contributed by atoms with Crippen LogP contribution in [0.15, 0.2) is 0 Å². The molecule has 2 N–H and O–H groups in total. The maximum atomic E-state index is 12.0. The van der Waals surface area contributed by atoms with E-state index in [1.807, 2.05) is 20.8 Å². The molecule has 0 radical (unpaired) electrons. The van der Waals surface area contributed by atoms with Crippen molar-refractivity contribution in [3.63, 3.8) is 0 Å². The standard InChI is InChI=1S/C15H30N2O2/c1-8-16-12(18)13(2,3)10-17-11-9-14(4,5)19-15(11,6)7/h11,17H,8-10H2,1-7H3,(H,16,18)/t11-/m0/s1. The molecule has 1 aliphatic heterocycles. The molecule has 4 nitrogen and oxygen atoms in total. The van der Waals surface area contributed by atoms with E-state index in [0.717, 1.165) is 6.42 Å². The Morgan fingerprint density at radius 3 is 2.32 bits per heavy atom. The number of carbonyl (C=O) groups excluding carboxylic acids is 1. The molecular weight excluding hydrogens is 240 g/mol. The lowest BCUT2D eigenvalue weighted by atomic mass is 9.89. The van der Waals surface area contributed by atoms with Gasteiger partial charge in [-0.05, 0) is 54.9 Å². The number of hydrogen-bond donors (Lipinski definition) is 2. The largest absolute Gasteiger partial charge is 0.368 e. The number of ether oxygens (including phenoxy) is 1. The minimum atomic E-state index is -0.404. The summed E-state index contributed by atoms with van der Waals surface area (Å²) in [6.07, 6.45) is 0.964. The summed E-state index contributed by atoms with van der Waals surface area (Å²) in [5.74, 6) is 0.0958. The van der Waals surface area contributed by atoms with Crippen LogP contribution in [0.25, 0.3) is 0 Å². The highest BCUT2D eigenvalue weighted by Crippen LogP contribution is 2.37. The first-order valence-corrected chi connectivity index (χ1v) is 7.22. The van der Waals surface area contributed by atoms with Crippen LogP contribution in [0.4, 0.5) is 0 Å². The highest BCUT2D eigenvalue weighted by atomic mass is 16.5. The molecule has 1 aliphatic rings. The van der Waals surface area contributed by atoms with Crippen LogP contribution < -0.4 is 10.6 Å². The first-order chi connectivity index (χ1) is 8.50. The molecule has 1 heterocycles. The van der Waals surface area contributed by atoms with Crippen molar-refractivity contribution in [2.75, 3.05) is 13.1 Å². The fraction of sp³-hybridized carbons (Fsp3) is 0.933. The van der Waals surface area contributed by atoms with E-state index in [9.17, 15) is 4.79 Å². The minimum Gasteiger partial charge on any atom is -0.368 e. The zero-order chi connectivity index (χ0) is 14.9. The Morgan fingerprint density at radius 2 is 1.89 bits per heavy atom. The van der Waals surface area contributed by atoms with Gasteiger partial charge in [0.2, 0.25) is 5.91 Å². The fourth-order valence-electron chi connectivity index (χ4n) is 2.74. The molecule has 1 saturated heterocycles. The summed E-state index contributed by atoms with van der Waals surface area (Å²) < 4.78 is 6.06. The van der Waals surface area contributed by atoms with Crippen LogP contribution in [0, 0.1) is 5.41 Å². The van der Waals surface area contributed by atoms with Crippen molar-refractivity contribution >= 4 is 5.91 Å². The van der Waals surface area contributed by atoms with E-state index >= 15 is 0 Å². The Kier molecular flexibility index (Phi) is 4.68. The van der Waals surface area contributed by atoms with Gasteiger partial charge < -0.3 is 15.4 Å². The molecule has 0 aromatic heterocycles.